The average Bonchev–Trinajstić information content (AvgIpc) is 2.66. The van der Waals surface area contributed by atoms with Crippen molar-refractivity contribution >= 4 is 5.91 Å². The van der Waals surface area contributed by atoms with Gasteiger partial charge in [-0.1, -0.05) is 12.1 Å². The third kappa shape index (κ3) is 2.59. The van der Waals surface area contributed by atoms with Gasteiger partial charge >= 0.3 is 12.1 Å². The van der Waals surface area contributed by atoms with E-state index in [4.69, 9.17) is 0 Å². The van der Waals surface area contributed by atoms with Crippen molar-refractivity contribution in [2.75, 3.05) is 0 Å². The number of hydrogen-bond acceptors (Lipinski definition) is 2. The molecule has 1 aromatic rings. The summed E-state index contributed by atoms with van der Waals surface area (Å²) in [5, 5.41) is 9.52. The fraction of sp³-hybridized carbons (Fsp3) is 0.533. The highest BCUT2D eigenvalue weighted by Crippen LogP contribution is 2.44. The minimum atomic E-state index is -4.79. The molecule has 0 aromatic heterocycles. The van der Waals surface area contributed by atoms with E-state index in [9.17, 15) is 23.1 Å². The van der Waals surface area contributed by atoms with Gasteiger partial charge in [-0.15, -0.1) is 0 Å². The number of rotatable bonds is 1. The van der Waals surface area contributed by atoms with Gasteiger partial charge in [-0.2, -0.15) is 13.2 Å². The Labute approximate surface area is 120 Å². The smallest absolute Gasteiger partial charge is 0.471 e. The van der Waals surface area contributed by atoms with Gasteiger partial charge in [0.25, 0.3) is 0 Å². The van der Waals surface area contributed by atoms with Gasteiger partial charge in [-0.05, 0) is 49.3 Å². The summed E-state index contributed by atoms with van der Waals surface area (Å²) in [7, 11) is 0. The number of carbonyl (C=O) groups is 1. The van der Waals surface area contributed by atoms with Crippen LogP contribution in [0.4, 0.5) is 13.2 Å². The fourth-order valence-electron chi connectivity index (χ4n) is 3.71. The predicted octanol–water partition coefficient (Wildman–Crippen LogP) is 3.19. The first kappa shape index (κ1) is 14.2. The maximum atomic E-state index is 12.7. The lowest BCUT2D eigenvalue weighted by Crippen LogP contribution is -2.51. The lowest BCUT2D eigenvalue weighted by Gasteiger charge is -2.39. The Hall–Kier alpha value is -1.72. The molecule has 1 N–H and O–H groups in total. The largest absolute Gasteiger partial charge is 0.508 e. The van der Waals surface area contributed by atoms with Crippen molar-refractivity contribution in [2.45, 2.75) is 49.9 Å². The number of amides is 1. The highest BCUT2D eigenvalue weighted by atomic mass is 19.4. The van der Waals surface area contributed by atoms with Crippen molar-refractivity contribution in [2.24, 2.45) is 0 Å². The summed E-state index contributed by atoms with van der Waals surface area (Å²) < 4.78 is 38.0. The minimum Gasteiger partial charge on any atom is -0.508 e. The average molecular weight is 299 g/mol. The number of carbonyl (C=O) groups excluding carboxylic acids is 1. The Morgan fingerprint density at radius 3 is 2.33 bits per heavy atom. The Morgan fingerprint density at radius 1 is 1.19 bits per heavy atom. The van der Waals surface area contributed by atoms with Crippen LogP contribution in [0.3, 0.4) is 0 Å². The van der Waals surface area contributed by atoms with E-state index in [1.807, 2.05) is 6.07 Å². The summed E-state index contributed by atoms with van der Waals surface area (Å²) in [6.07, 6.45) is -2.48. The number of halogens is 3. The maximum Gasteiger partial charge on any atom is 0.471 e. The molecule has 0 spiro atoms. The quantitative estimate of drug-likeness (QED) is 0.865. The minimum absolute atomic E-state index is 0.104. The van der Waals surface area contributed by atoms with E-state index in [2.05, 4.69) is 0 Å². The first-order chi connectivity index (χ1) is 9.86. The molecular weight excluding hydrogens is 283 g/mol. The van der Waals surface area contributed by atoms with Crippen molar-refractivity contribution in [3.05, 3.63) is 29.8 Å². The van der Waals surface area contributed by atoms with Gasteiger partial charge in [-0.3, -0.25) is 4.79 Å². The summed E-state index contributed by atoms with van der Waals surface area (Å²) in [6, 6.07) is 6.16. The first-order valence-electron chi connectivity index (χ1n) is 7.04. The molecule has 114 valence electrons. The second kappa shape index (κ2) is 4.93. The molecule has 2 aliphatic rings. The first-order valence-corrected chi connectivity index (χ1v) is 7.04. The van der Waals surface area contributed by atoms with E-state index in [1.165, 1.54) is 0 Å². The lowest BCUT2D eigenvalue weighted by atomic mass is 9.85. The number of piperidine rings is 1. The van der Waals surface area contributed by atoms with Crippen molar-refractivity contribution in [3.8, 4) is 5.75 Å². The number of aromatic hydroxyl groups is 1. The van der Waals surface area contributed by atoms with Gasteiger partial charge in [0.1, 0.15) is 5.75 Å². The fourth-order valence-corrected chi connectivity index (χ4v) is 3.71. The molecule has 1 aromatic carbocycles. The van der Waals surface area contributed by atoms with Gasteiger partial charge in [0.15, 0.2) is 0 Å². The van der Waals surface area contributed by atoms with Gasteiger partial charge < -0.3 is 10.0 Å². The highest BCUT2D eigenvalue weighted by molar-refractivity contribution is 5.83. The molecule has 0 aliphatic carbocycles. The summed E-state index contributed by atoms with van der Waals surface area (Å²) in [4.78, 5) is 12.6. The van der Waals surface area contributed by atoms with Crippen LogP contribution in [0.5, 0.6) is 5.75 Å². The monoisotopic (exact) mass is 299 g/mol. The molecule has 6 heteroatoms. The molecule has 2 unspecified atom stereocenters. The Bertz CT molecular complexity index is 544. The Kier molecular flexibility index (Phi) is 3.34. The summed E-state index contributed by atoms with van der Waals surface area (Å²) in [6.45, 7) is 0. The Balaban J connectivity index is 1.79. The van der Waals surface area contributed by atoms with Crippen molar-refractivity contribution in [3.63, 3.8) is 0 Å². The number of phenols is 1. The van der Waals surface area contributed by atoms with E-state index < -0.39 is 12.1 Å². The van der Waals surface area contributed by atoms with Crippen LogP contribution in [0.15, 0.2) is 24.3 Å². The lowest BCUT2D eigenvalue weighted by molar-refractivity contribution is -0.190. The van der Waals surface area contributed by atoms with Crippen molar-refractivity contribution < 1.29 is 23.1 Å². The molecule has 2 saturated heterocycles. The van der Waals surface area contributed by atoms with Crippen LogP contribution in [-0.4, -0.2) is 34.2 Å². The predicted molar refractivity (Wildman–Crippen MR) is 69.8 cm³/mol. The number of fused-ring (bicyclic) bond motifs is 2. The van der Waals surface area contributed by atoms with Crippen molar-refractivity contribution in [1.82, 2.24) is 4.90 Å². The molecule has 2 bridgehead atoms. The third-order valence-electron chi connectivity index (χ3n) is 4.55. The van der Waals surface area contributed by atoms with Gasteiger partial charge in [0, 0.05) is 12.1 Å². The molecule has 21 heavy (non-hydrogen) atoms. The number of nitrogens with zero attached hydrogens (tertiary/aromatic N) is 1. The number of alkyl halides is 3. The summed E-state index contributed by atoms with van der Waals surface area (Å²) in [5.74, 6) is -1.44. The number of hydrogen-bond donors (Lipinski definition) is 1. The third-order valence-corrected chi connectivity index (χ3v) is 4.55. The molecule has 0 radical (unpaired) electrons. The van der Waals surface area contributed by atoms with E-state index >= 15 is 0 Å². The van der Waals surface area contributed by atoms with Crippen molar-refractivity contribution in [1.29, 1.82) is 0 Å². The maximum absolute atomic E-state index is 12.7. The zero-order valence-corrected chi connectivity index (χ0v) is 11.3. The molecule has 0 saturated carbocycles. The molecule has 2 aliphatic heterocycles. The highest BCUT2D eigenvalue weighted by Gasteiger charge is 2.51. The zero-order valence-electron chi connectivity index (χ0n) is 11.3. The van der Waals surface area contributed by atoms with Crippen LogP contribution in [0.1, 0.15) is 37.2 Å². The molecule has 2 heterocycles. The van der Waals surface area contributed by atoms with Crippen LogP contribution < -0.4 is 0 Å². The molecule has 3 rings (SSSR count). The second-order valence-electron chi connectivity index (χ2n) is 5.86. The van der Waals surface area contributed by atoms with E-state index in [0.717, 1.165) is 10.5 Å². The van der Waals surface area contributed by atoms with Gasteiger partial charge in [0.05, 0.1) is 0 Å². The molecular formula is C15H16F3NO2. The van der Waals surface area contributed by atoms with E-state index in [0.29, 0.717) is 25.7 Å². The van der Waals surface area contributed by atoms with Gasteiger partial charge in [0.2, 0.25) is 0 Å². The number of benzene rings is 1. The SMILES string of the molecule is O=C(N1C2CCC1CC(c1cccc(O)c1)C2)C(F)(F)F. The molecule has 2 atom stereocenters. The molecule has 3 nitrogen and oxygen atoms in total. The van der Waals surface area contributed by atoms with Crippen LogP contribution in [0.2, 0.25) is 0 Å². The second-order valence-corrected chi connectivity index (χ2v) is 5.86. The van der Waals surface area contributed by atoms with Crippen LogP contribution in [0.25, 0.3) is 0 Å². The van der Waals surface area contributed by atoms with Gasteiger partial charge in [-0.25, -0.2) is 0 Å². The normalized spacial score (nSPS) is 28.7. The topological polar surface area (TPSA) is 40.5 Å². The molecule has 2 fully saturated rings. The Morgan fingerprint density at radius 2 is 1.81 bits per heavy atom. The zero-order chi connectivity index (χ0) is 15.2. The number of phenolic OH excluding ortho intramolecular Hbond substituents is 1. The van der Waals surface area contributed by atoms with Crippen LogP contribution >= 0.6 is 0 Å². The summed E-state index contributed by atoms with van der Waals surface area (Å²) >= 11 is 0. The standard InChI is InChI=1S/C15H16F3NO2/c16-15(17,18)14(21)19-11-4-5-12(19)7-10(6-11)9-2-1-3-13(20)8-9/h1-3,8,10-12,20H,4-7H2. The molecule has 1 amide bonds. The van der Waals surface area contributed by atoms with Crippen LogP contribution in [-0.2, 0) is 4.79 Å². The van der Waals surface area contributed by atoms with Crippen LogP contribution in [0, 0.1) is 0 Å². The summed E-state index contributed by atoms with van der Waals surface area (Å²) in [5.41, 5.74) is 0.936. The van der Waals surface area contributed by atoms with E-state index in [1.54, 1.807) is 18.2 Å². The van der Waals surface area contributed by atoms with E-state index in [-0.39, 0.29) is 23.8 Å².